The first-order chi connectivity index (χ1) is 8.08. The quantitative estimate of drug-likeness (QED) is 0.837. The Bertz CT molecular complexity index is 542. The summed E-state index contributed by atoms with van der Waals surface area (Å²) in [6.07, 6.45) is 0.887. The van der Waals surface area contributed by atoms with Crippen molar-refractivity contribution in [2.45, 2.75) is 25.9 Å². The first-order valence-corrected chi connectivity index (χ1v) is 6.37. The first-order valence-electron chi connectivity index (χ1n) is 5.58. The second-order valence-corrected chi connectivity index (χ2v) is 5.17. The number of rotatable bonds is 4. The van der Waals surface area contributed by atoms with Gasteiger partial charge in [-0.05, 0) is 47.8 Å². The maximum Gasteiger partial charge on any atom is 0.148 e. The average molecular weight is 295 g/mol. The molecule has 1 aromatic heterocycles. The smallest absolute Gasteiger partial charge is 0.148 e. The highest BCUT2D eigenvalue weighted by Crippen LogP contribution is 2.31. The molecule has 0 fully saturated rings. The SMILES string of the molecule is C=C(C)CCC(O)c1cc2cccc(Br)c2o1. The second kappa shape index (κ2) is 5.07. The van der Waals surface area contributed by atoms with Gasteiger partial charge in [-0.15, -0.1) is 6.58 Å². The van der Waals surface area contributed by atoms with E-state index in [0.717, 1.165) is 27.4 Å². The van der Waals surface area contributed by atoms with Gasteiger partial charge in [0.2, 0.25) is 0 Å². The minimum Gasteiger partial charge on any atom is -0.457 e. The van der Waals surface area contributed by atoms with Crippen molar-refractivity contribution in [3.05, 3.63) is 46.7 Å². The Morgan fingerprint density at radius 3 is 2.94 bits per heavy atom. The number of halogens is 1. The molecule has 0 aliphatic heterocycles. The highest BCUT2D eigenvalue weighted by Gasteiger charge is 2.14. The summed E-state index contributed by atoms with van der Waals surface area (Å²) < 4.78 is 6.58. The monoisotopic (exact) mass is 294 g/mol. The fourth-order valence-corrected chi connectivity index (χ4v) is 2.20. The molecule has 0 spiro atoms. The summed E-state index contributed by atoms with van der Waals surface area (Å²) in [5.41, 5.74) is 1.86. The molecule has 2 aromatic rings. The minimum absolute atomic E-state index is 0.564. The lowest BCUT2D eigenvalue weighted by molar-refractivity contribution is 0.143. The van der Waals surface area contributed by atoms with E-state index in [1.807, 2.05) is 31.2 Å². The molecule has 0 bridgehead atoms. The van der Waals surface area contributed by atoms with Crippen LogP contribution in [0, 0.1) is 0 Å². The van der Waals surface area contributed by atoms with Gasteiger partial charge in [0.25, 0.3) is 0 Å². The number of allylic oxidation sites excluding steroid dienone is 1. The van der Waals surface area contributed by atoms with E-state index in [0.29, 0.717) is 12.2 Å². The van der Waals surface area contributed by atoms with Gasteiger partial charge in [-0.3, -0.25) is 0 Å². The Kier molecular flexibility index (Phi) is 3.69. The van der Waals surface area contributed by atoms with Crippen LogP contribution in [-0.4, -0.2) is 5.11 Å². The number of hydrogen-bond acceptors (Lipinski definition) is 2. The van der Waals surface area contributed by atoms with E-state index in [-0.39, 0.29) is 0 Å². The third-order valence-electron chi connectivity index (χ3n) is 2.69. The number of aliphatic hydroxyl groups excluding tert-OH is 1. The van der Waals surface area contributed by atoms with Gasteiger partial charge in [-0.1, -0.05) is 17.7 Å². The van der Waals surface area contributed by atoms with Crippen LogP contribution in [0.3, 0.4) is 0 Å². The van der Waals surface area contributed by atoms with Crippen molar-refractivity contribution in [2.75, 3.05) is 0 Å². The summed E-state index contributed by atoms with van der Waals surface area (Å²) in [6.45, 7) is 5.79. The molecule has 90 valence electrons. The molecule has 0 amide bonds. The fourth-order valence-electron chi connectivity index (χ4n) is 1.74. The fraction of sp³-hybridized carbons (Fsp3) is 0.286. The van der Waals surface area contributed by atoms with Gasteiger partial charge >= 0.3 is 0 Å². The molecule has 3 heteroatoms. The lowest BCUT2D eigenvalue weighted by Gasteiger charge is -2.06. The zero-order chi connectivity index (χ0) is 12.4. The third-order valence-corrected chi connectivity index (χ3v) is 3.31. The van der Waals surface area contributed by atoms with Gasteiger partial charge in [-0.2, -0.15) is 0 Å². The summed E-state index contributed by atoms with van der Waals surface area (Å²) in [5, 5.41) is 11.0. The molecule has 1 aromatic carbocycles. The maximum atomic E-state index is 10.0. The topological polar surface area (TPSA) is 33.4 Å². The third kappa shape index (κ3) is 2.79. The van der Waals surface area contributed by atoms with Gasteiger partial charge in [0.05, 0.1) is 4.47 Å². The molecule has 1 unspecified atom stereocenters. The molecule has 1 atom stereocenters. The minimum atomic E-state index is -0.564. The standard InChI is InChI=1S/C14H15BrO2/c1-9(2)6-7-12(16)13-8-10-4-3-5-11(15)14(10)17-13/h3-5,8,12,16H,1,6-7H2,2H3. The predicted octanol–water partition coefficient (Wildman–Crippen LogP) is 4.59. The molecule has 0 radical (unpaired) electrons. The van der Waals surface area contributed by atoms with Crippen LogP contribution < -0.4 is 0 Å². The van der Waals surface area contributed by atoms with Crippen LogP contribution in [0.15, 0.2) is 45.3 Å². The number of hydrogen-bond donors (Lipinski definition) is 1. The van der Waals surface area contributed by atoms with Crippen LogP contribution in [0.2, 0.25) is 0 Å². The zero-order valence-corrected chi connectivity index (χ0v) is 11.3. The second-order valence-electron chi connectivity index (χ2n) is 4.32. The number of aliphatic hydroxyl groups is 1. The molecule has 0 aliphatic carbocycles. The molecular weight excluding hydrogens is 280 g/mol. The van der Waals surface area contributed by atoms with Crippen LogP contribution in [0.4, 0.5) is 0 Å². The predicted molar refractivity (Wildman–Crippen MR) is 72.9 cm³/mol. The van der Waals surface area contributed by atoms with Crippen molar-refractivity contribution < 1.29 is 9.52 Å². The van der Waals surface area contributed by atoms with Crippen molar-refractivity contribution in [1.29, 1.82) is 0 Å². The average Bonchev–Trinajstić information content (AvgIpc) is 2.71. The summed E-state index contributed by atoms with van der Waals surface area (Å²) in [7, 11) is 0. The zero-order valence-electron chi connectivity index (χ0n) is 9.74. The molecule has 0 saturated carbocycles. The normalized spacial score (nSPS) is 12.9. The van der Waals surface area contributed by atoms with E-state index in [1.54, 1.807) is 0 Å². The van der Waals surface area contributed by atoms with Gasteiger partial charge in [-0.25, -0.2) is 0 Å². The van der Waals surface area contributed by atoms with Crippen molar-refractivity contribution >= 4 is 26.9 Å². The number of benzene rings is 1. The van der Waals surface area contributed by atoms with E-state index in [2.05, 4.69) is 22.5 Å². The van der Waals surface area contributed by atoms with E-state index in [1.165, 1.54) is 0 Å². The van der Waals surface area contributed by atoms with Gasteiger partial charge in [0.15, 0.2) is 0 Å². The molecule has 2 nitrogen and oxygen atoms in total. The van der Waals surface area contributed by atoms with E-state index in [9.17, 15) is 5.11 Å². The van der Waals surface area contributed by atoms with Crippen molar-refractivity contribution in [3.8, 4) is 0 Å². The van der Waals surface area contributed by atoms with Crippen molar-refractivity contribution in [1.82, 2.24) is 0 Å². The largest absolute Gasteiger partial charge is 0.457 e. The van der Waals surface area contributed by atoms with Crippen LogP contribution in [-0.2, 0) is 0 Å². The lowest BCUT2D eigenvalue weighted by Crippen LogP contribution is -1.95. The van der Waals surface area contributed by atoms with Crippen LogP contribution in [0.5, 0.6) is 0 Å². The first kappa shape index (κ1) is 12.4. The summed E-state index contributed by atoms with van der Waals surface area (Å²) in [5.74, 6) is 0.619. The van der Waals surface area contributed by atoms with Gasteiger partial charge in [0, 0.05) is 5.39 Å². The van der Waals surface area contributed by atoms with Crippen molar-refractivity contribution in [2.24, 2.45) is 0 Å². The number of fused-ring (bicyclic) bond motifs is 1. The van der Waals surface area contributed by atoms with E-state index >= 15 is 0 Å². The van der Waals surface area contributed by atoms with Gasteiger partial charge < -0.3 is 9.52 Å². The Morgan fingerprint density at radius 2 is 2.29 bits per heavy atom. The Labute approximate surface area is 109 Å². The summed E-state index contributed by atoms with van der Waals surface area (Å²) in [6, 6.07) is 7.74. The Hall–Kier alpha value is -1.06. The molecule has 2 rings (SSSR count). The molecule has 1 heterocycles. The lowest BCUT2D eigenvalue weighted by atomic mass is 10.1. The van der Waals surface area contributed by atoms with E-state index < -0.39 is 6.10 Å². The van der Waals surface area contributed by atoms with Crippen LogP contribution in [0.25, 0.3) is 11.0 Å². The van der Waals surface area contributed by atoms with Crippen LogP contribution >= 0.6 is 15.9 Å². The summed E-state index contributed by atoms with van der Waals surface area (Å²) >= 11 is 3.43. The van der Waals surface area contributed by atoms with Crippen LogP contribution in [0.1, 0.15) is 31.6 Å². The summed E-state index contributed by atoms with van der Waals surface area (Å²) in [4.78, 5) is 0. The highest BCUT2D eigenvalue weighted by atomic mass is 79.9. The Balaban J connectivity index is 2.24. The maximum absolute atomic E-state index is 10.0. The number of furan rings is 1. The highest BCUT2D eigenvalue weighted by molar-refractivity contribution is 9.10. The van der Waals surface area contributed by atoms with Gasteiger partial charge in [0.1, 0.15) is 17.4 Å². The molecular formula is C14H15BrO2. The molecule has 0 aliphatic rings. The Morgan fingerprint density at radius 1 is 1.53 bits per heavy atom. The molecule has 17 heavy (non-hydrogen) atoms. The molecule has 0 saturated heterocycles. The van der Waals surface area contributed by atoms with Crippen molar-refractivity contribution in [3.63, 3.8) is 0 Å². The van der Waals surface area contributed by atoms with E-state index in [4.69, 9.17) is 4.42 Å². The number of para-hydroxylation sites is 1. The molecule has 1 N–H and O–H groups in total.